The molecule has 0 spiro atoms. The largest absolute Gasteiger partial charge is 0.120 e. The van der Waals surface area contributed by atoms with Crippen molar-refractivity contribution in [2.24, 2.45) is 17.8 Å². The van der Waals surface area contributed by atoms with Crippen molar-refractivity contribution >= 4 is 0 Å². The van der Waals surface area contributed by atoms with Crippen LogP contribution in [0.4, 0.5) is 0 Å². The van der Waals surface area contributed by atoms with Crippen LogP contribution in [-0.2, 0) is 0 Å². The highest BCUT2D eigenvalue weighted by Crippen LogP contribution is 2.34. The average molecular weight is 136 g/mol. The lowest BCUT2D eigenvalue weighted by Gasteiger charge is -2.12. The molecule has 0 aliphatic heterocycles. The van der Waals surface area contributed by atoms with Crippen LogP contribution in [0.5, 0.6) is 0 Å². The first-order valence-electron chi connectivity index (χ1n) is 4.20. The number of rotatable bonds is 1. The van der Waals surface area contributed by atoms with Crippen LogP contribution in [0.3, 0.4) is 0 Å². The van der Waals surface area contributed by atoms with E-state index in [2.05, 4.69) is 19.8 Å². The maximum atomic E-state index is 5.35. The van der Waals surface area contributed by atoms with Gasteiger partial charge in [0.25, 0.3) is 0 Å². The van der Waals surface area contributed by atoms with E-state index in [0.29, 0.717) is 5.92 Å². The van der Waals surface area contributed by atoms with E-state index in [0.717, 1.165) is 11.8 Å². The summed E-state index contributed by atoms with van der Waals surface area (Å²) in [5.41, 5.74) is 0. The summed E-state index contributed by atoms with van der Waals surface area (Å²) in [6.07, 6.45) is 9.24. The molecular formula is C10H16. The van der Waals surface area contributed by atoms with E-state index >= 15 is 0 Å². The first-order chi connectivity index (χ1) is 4.74. The minimum Gasteiger partial charge on any atom is -0.120 e. The van der Waals surface area contributed by atoms with Gasteiger partial charge in [-0.2, -0.15) is 0 Å². The quantitative estimate of drug-likeness (QED) is 0.486. The summed E-state index contributed by atoms with van der Waals surface area (Å²) >= 11 is 0. The van der Waals surface area contributed by atoms with Crippen LogP contribution >= 0.6 is 0 Å². The Bertz CT molecular complexity index is 139. The summed E-state index contributed by atoms with van der Waals surface area (Å²) in [6.45, 7) is 4.59. The third-order valence-corrected chi connectivity index (χ3v) is 2.65. The molecule has 0 saturated heterocycles. The van der Waals surface area contributed by atoms with Crippen LogP contribution < -0.4 is 0 Å². The molecular weight excluding hydrogens is 120 g/mol. The zero-order valence-electron chi connectivity index (χ0n) is 6.93. The Morgan fingerprint density at radius 2 is 2.10 bits per heavy atom. The van der Waals surface area contributed by atoms with Gasteiger partial charge in [0.15, 0.2) is 0 Å². The van der Waals surface area contributed by atoms with Crippen LogP contribution in [0.1, 0.15) is 33.1 Å². The van der Waals surface area contributed by atoms with E-state index in [4.69, 9.17) is 6.42 Å². The molecule has 0 N–H and O–H groups in total. The lowest BCUT2D eigenvalue weighted by Crippen LogP contribution is -2.03. The van der Waals surface area contributed by atoms with Crippen molar-refractivity contribution in [3.8, 4) is 12.3 Å². The summed E-state index contributed by atoms with van der Waals surface area (Å²) in [7, 11) is 0. The van der Waals surface area contributed by atoms with Crippen molar-refractivity contribution < 1.29 is 0 Å². The van der Waals surface area contributed by atoms with Gasteiger partial charge in [-0.05, 0) is 31.1 Å². The molecule has 2 unspecified atom stereocenters. The molecule has 0 radical (unpaired) electrons. The first-order valence-corrected chi connectivity index (χ1v) is 4.20. The van der Waals surface area contributed by atoms with Crippen LogP contribution in [0.15, 0.2) is 0 Å². The van der Waals surface area contributed by atoms with Gasteiger partial charge in [0.05, 0.1) is 0 Å². The predicted molar refractivity (Wildman–Crippen MR) is 44.5 cm³/mol. The number of terminal acetylenes is 1. The van der Waals surface area contributed by atoms with E-state index in [9.17, 15) is 0 Å². The Balaban J connectivity index is 2.37. The molecule has 0 amide bonds. The summed E-state index contributed by atoms with van der Waals surface area (Å²) in [4.78, 5) is 0. The minimum absolute atomic E-state index is 0.590. The zero-order chi connectivity index (χ0) is 7.56. The number of hydrogen-bond acceptors (Lipinski definition) is 0. The minimum atomic E-state index is 0.590. The molecule has 0 aromatic heterocycles. The van der Waals surface area contributed by atoms with Crippen LogP contribution in [-0.4, -0.2) is 0 Å². The molecule has 0 aromatic carbocycles. The summed E-state index contributed by atoms with van der Waals surface area (Å²) in [5, 5.41) is 0. The van der Waals surface area contributed by atoms with E-state index in [-0.39, 0.29) is 0 Å². The van der Waals surface area contributed by atoms with E-state index in [1.54, 1.807) is 0 Å². The van der Waals surface area contributed by atoms with Crippen LogP contribution in [0, 0.1) is 30.1 Å². The molecule has 0 bridgehead atoms. The zero-order valence-corrected chi connectivity index (χ0v) is 6.93. The third-order valence-electron chi connectivity index (χ3n) is 2.65. The molecule has 56 valence electrons. The van der Waals surface area contributed by atoms with Crippen LogP contribution in [0.2, 0.25) is 0 Å². The Morgan fingerprint density at radius 1 is 1.40 bits per heavy atom. The Hall–Kier alpha value is -0.440. The smallest absolute Gasteiger partial charge is 0.0203 e. The number of hydrogen-bond donors (Lipinski definition) is 0. The second-order valence-corrected chi connectivity index (χ2v) is 3.68. The summed E-state index contributed by atoms with van der Waals surface area (Å²) in [6, 6.07) is 0. The molecule has 1 aliphatic carbocycles. The molecule has 0 heteroatoms. The maximum Gasteiger partial charge on any atom is 0.0203 e. The molecule has 0 aromatic rings. The van der Waals surface area contributed by atoms with Crippen molar-refractivity contribution in [2.75, 3.05) is 0 Å². The second-order valence-electron chi connectivity index (χ2n) is 3.68. The van der Waals surface area contributed by atoms with Gasteiger partial charge in [0.1, 0.15) is 0 Å². The van der Waals surface area contributed by atoms with Crippen molar-refractivity contribution in [1.29, 1.82) is 0 Å². The predicted octanol–water partition coefficient (Wildman–Crippen LogP) is 2.69. The topological polar surface area (TPSA) is 0 Å². The highest BCUT2D eigenvalue weighted by atomic mass is 14.3. The highest BCUT2D eigenvalue weighted by Gasteiger charge is 2.24. The monoisotopic (exact) mass is 136 g/mol. The van der Waals surface area contributed by atoms with Crippen molar-refractivity contribution in [3.63, 3.8) is 0 Å². The SMILES string of the molecule is C#CC1CCC(C(C)C)C1. The van der Waals surface area contributed by atoms with E-state index in [1.807, 2.05) is 0 Å². The van der Waals surface area contributed by atoms with Gasteiger partial charge in [0, 0.05) is 5.92 Å². The molecule has 1 fully saturated rings. The van der Waals surface area contributed by atoms with Crippen molar-refractivity contribution in [1.82, 2.24) is 0 Å². The normalized spacial score (nSPS) is 32.6. The first kappa shape index (κ1) is 7.66. The molecule has 0 heterocycles. The van der Waals surface area contributed by atoms with Gasteiger partial charge in [-0.3, -0.25) is 0 Å². The summed E-state index contributed by atoms with van der Waals surface area (Å²) < 4.78 is 0. The molecule has 1 saturated carbocycles. The maximum absolute atomic E-state index is 5.35. The lowest BCUT2D eigenvalue weighted by atomic mass is 9.93. The molecule has 1 rings (SSSR count). The van der Waals surface area contributed by atoms with Crippen LogP contribution in [0.25, 0.3) is 0 Å². The summed E-state index contributed by atoms with van der Waals surface area (Å²) in [5.74, 6) is 5.17. The van der Waals surface area contributed by atoms with Crippen molar-refractivity contribution in [3.05, 3.63) is 0 Å². The van der Waals surface area contributed by atoms with Gasteiger partial charge >= 0.3 is 0 Å². The molecule has 1 aliphatic rings. The molecule has 0 nitrogen and oxygen atoms in total. The second kappa shape index (κ2) is 3.10. The Labute approximate surface area is 64.0 Å². The Morgan fingerprint density at radius 3 is 2.40 bits per heavy atom. The van der Waals surface area contributed by atoms with Gasteiger partial charge in [-0.1, -0.05) is 13.8 Å². The average Bonchev–Trinajstić information content (AvgIpc) is 2.34. The third kappa shape index (κ3) is 1.53. The Kier molecular flexibility index (Phi) is 2.38. The van der Waals surface area contributed by atoms with Gasteiger partial charge < -0.3 is 0 Å². The van der Waals surface area contributed by atoms with Gasteiger partial charge in [0.2, 0.25) is 0 Å². The van der Waals surface area contributed by atoms with Gasteiger partial charge in [-0.25, -0.2) is 0 Å². The fourth-order valence-electron chi connectivity index (χ4n) is 1.77. The fourth-order valence-corrected chi connectivity index (χ4v) is 1.77. The standard InChI is InChI=1S/C10H16/c1-4-9-5-6-10(7-9)8(2)3/h1,8-10H,5-7H2,2-3H3. The van der Waals surface area contributed by atoms with Crippen molar-refractivity contribution in [2.45, 2.75) is 33.1 Å². The molecule has 10 heavy (non-hydrogen) atoms. The molecule has 2 atom stereocenters. The highest BCUT2D eigenvalue weighted by molar-refractivity contribution is 4.97. The fraction of sp³-hybridized carbons (Fsp3) is 0.800. The van der Waals surface area contributed by atoms with Gasteiger partial charge in [-0.15, -0.1) is 12.3 Å². The van der Waals surface area contributed by atoms with E-state index in [1.165, 1.54) is 19.3 Å². The lowest BCUT2D eigenvalue weighted by molar-refractivity contribution is 0.390. The van der Waals surface area contributed by atoms with E-state index < -0.39 is 0 Å².